The molecule has 8 nitrogen and oxygen atoms in total. The van der Waals surface area contributed by atoms with Crippen molar-refractivity contribution in [2.75, 3.05) is 18.0 Å². The fourth-order valence-corrected chi connectivity index (χ4v) is 4.32. The van der Waals surface area contributed by atoms with Crippen LogP contribution in [0, 0.1) is 22.0 Å². The molecule has 2 aliphatic rings. The molecule has 0 radical (unpaired) electrons. The minimum atomic E-state index is -0.655. The Hall–Kier alpha value is -2.22. The number of piperidine rings is 1. The van der Waals surface area contributed by atoms with Crippen molar-refractivity contribution in [1.29, 1.82) is 0 Å². The SMILES string of the molecule is C[C@H]1CN(c2c([N+](=O)[O-])cnc3c2CCC3)C[C@@H](CC(=O)OC(C)(C)C)[C@@H]1O. The van der Waals surface area contributed by atoms with Gasteiger partial charge in [-0.25, -0.2) is 0 Å². The van der Waals surface area contributed by atoms with E-state index in [-0.39, 0.29) is 34.8 Å². The van der Waals surface area contributed by atoms with Crippen molar-refractivity contribution in [1.82, 2.24) is 4.98 Å². The smallest absolute Gasteiger partial charge is 0.310 e. The molecule has 0 spiro atoms. The highest BCUT2D eigenvalue weighted by atomic mass is 16.6. The number of anilines is 1. The average molecular weight is 391 g/mol. The summed E-state index contributed by atoms with van der Waals surface area (Å²) in [6.07, 6.45) is 3.30. The number of pyridine rings is 1. The van der Waals surface area contributed by atoms with E-state index >= 15 is 0 Å². The fourth-order valence-electron chi connectivity index (χ4n) is 4.32. The number of aryl methyl sites for hydroxylation is 1. The number of ether oxygens (including phenoxy) is 1. The summed E-state index contributed by atoms with van der Waals surface area (Å²) in [5.41, 5.74) is 1.88. The van der Waals surface area contributed by atoms with Gasteiger partial charge in [-0.2, -0.15) is 0 Å². The lowest BCUT2D eigenvalue weighted by molar-refractivity contribution is -0.384. The van der Waals surface area contributed by atoms with Crippen LogP contribution in [0.1, 0.15) is 51.8 Å². The molecule has 1 N–H and O–H groups in total. The van der Waals surface area contributed by atoms with E-state index in [0.717, 1.165) is 30.5 Å². The van der Waals surface area contributed by atoms with Crippen LogP contribution < -0.4 is 4.90 Å². The lowest BCUT2D eigenvalue weighted by Gasteiger charge is -2.41. The van der Waals surface area contributed by atoms with Crippen LogP contribution in [0.2, 0.25) is 0 Å². The Bertz CT molecular complexity index is 774. The molecular weight excluding hydrogens is 362 g/mol. The maximum atomic E-state index is 12.3. The molecule has 1 aromatic rings. The average Bonchev–Trinajstić information content (AvgIpc) is 3.04. The number of aliphatic hydroxyl groups is 1. The second kappa shape index (κ2) is 7.66. The zero-order chi connectivity index (χ0) is 20.6. The van der Waals surface area contributed by atoms with Gasteiger partial charge in [0.15, 0.2) is 0 Å². The number of aromatic nitrogens is 1. The van der Waals surface area contributed by atoms with Gasteiger partial charge >= 0.3 is 11.7 Å². The largest absolute Gasteiger partial charge is 0.460 e. The Kier molecular flexibility index (Phi) is 5.61. The number of fused-ring (bicyclic) bond motifs is 1. The zero-order valence-electron chi connectivity index (χ0n) is 17.0. The molecule has 0 bridgehead atoms. The Morgan fingerprint density at radius 3 is 2.75 bits per heavy atom. The molecule has 2 heterocycles. The molecule has 1 aliphatic heterocycles. The first kappa shape index (κ1) is 20.5. The van der Waals surface area contributed by atoms with Crippen molar-refractivity contribution < 1.29 is 19.6 Å². The number of esters is 1. The van der Waals surface area contributed by atoms with Crippen LogP contribution >= 0.6 is 0 Å². The van der Waals surface area contributed by atoms with E-state index in [2.05, 4.69) is 4.98 Å². The monoisotopic (exact) mass is 391 g/mol. The molecule has 1 aromatic heterocycles. The van der Waals surface area contributed by atoms with Crippen molar-refractivity contribution in [3.63, 3.8) is 0 Å². The molecule has 1 fully saturated rings. The van der Waals surface area contributed by atoms with Crippen LogP contribution in [0.4, 0.5) is 11.4 Å². The lowest BCUT2D eigenvalue weighted by Crippen LogP contribution is -2.50. The van der Waals surface area contributed by atoms with Gasteiger partial charge in [-0.3, -0.25) is 19.9 Å². The van der Waals surface area contributed by atoms with Crippen molar-refractivity contribution in [2.24, 2.45) is 11.8 Å². The zero-order valence-corrected chi connectivity index (χ0v) is 17.0. The molecule has 28 heavy (non-hydrogen) atoms. The van der Waals surface area contributed by atoms with Gasteiger partial charge in [0.25, 0.3) is 0 Å². The highest BCUT2D eigenvalue weighted by Gasteiger charge is 2.39. The molecule has 0 unspecified atom stereocenters. The van der Waals surface area contributed by atoms with Gasteiger partial charge in [-0.05, 0) is 46.0 Å². The summed E-state index contributed by atoms with van der Waals surface area (Å²) in [6.45, 7) is 8.21. The molecule has 3 atom stereocenters. The molecule has 1 saturated heterocycles. The minimum Gasteiger partial charge on any atom is -0.460 e. The summed E-state index contributed by atoms with van der Waals surface area (Å²) in [6, 6.07) is 0. The second-order valence-corrected chi connectivity index (χ2v) is 8.95. The van der Waals surface area contributed by atoms with E-state index in [1.807, 2.05) is 11.8 Å². The van der Waals surface area contributed by atoms with E-state index in [0.29, 0.717) is 18.8 Å². The number of rotatable bonds is 4. The third-order valence-electron chi connectivity index (χ3n) is 5.45. The minimum absolute atomic E-state index is 0.000239. The van der Waals surface area contributed by atoms with Crippen molar-refractivity contribution >= 4 is 17.3 Å². The van der Waals surface area contributed by atoms with Gasteiger partial charge in [0.1, 0.15) is 17.5 Å². The number of nitrogens with zero attached hydrogens (tertiary/aromatic N) is 3. The van der Waals surface area contributed by atoms with E-state index in [1.165, 1.54) is 6.20 Å². The van der Waals surface area contributed by atoms with Crippen LogP contribution in [0.3, 0.4) is 0 Å². The van der Waals surface area contributed by atoms with Gasteiger partial charge in [0, 0.05) is 30.3 Å². The van der Waals surface area contributed by atoms with E-state index < -0.39 is 11.7 Å². The number of aliphatic hydroxyl groups excluding tert-OH is 1. The first-order chi connectivity index (χ1) is 13.1. The van der Waals surface area contributed by atoms with E-state index in [1.54, 1.807) is 20.8 Å². The number of nitro groups is 1. The number of hydrogen-bond donors (Lipinski definition) is 1. The van der Waals surface area contributed by atoms with Crippen LogP contribution in [-0.2, 0) is 22.4 Å². The van der Waals surface area contributed by atoms with Gasteiger partial charge in [-0.1, -0.05) is 6.92 Å². The Balaban J connectivity index is 1.88. The van der Waals surface area contributed by atoms with E-state index in [4.69, 9.17) is 4.74 Å². The fraction of sp³-hybridized carbons (Fsp3) is 0.700. The van der Waals surface area contributed by atoms with Gasteiger partial charge in [0.05, 0.1) is 17.4 Å². The first-order valence-electron chi connectivity index (χ1n) is 9.87. The van der Waals surface area contributed by atoms with Crippen LogP contribution in [0.25, 0.3) is 0 Å². The standard InChI is InChI=1S/C20H29N3O5/c1-12-10-22(11-13(19(12)25)8-17(24)28-20(2,3)4)18-14-6-5-7-15(14)21-9-16(18)23(26)27/h9,12-13,19,25H,5-8,10-11H2,1-4H3/t12-,13+,19+/m0/s1. The molecular formula is C20H29N3O5. The van der Waals surface area contributed by atoms with Crippen LogP contribution in [-0.4, -0.2) is 45.8 Å². The third-order valence-corrected chi connectivity index (χ3v) is 5.45. The third kappa shape index (κ3) is 4.27. The quantitative estimate of drug-likeness (QED) is 0.478. The van der Waals surface area contributed by atoms with Gasteiger partial charge in [-0.15, -0.1) is 0 Å². The van der Waals surface area contributed by atoms with E-state index in [9.17, 15) is 20.0 Å². The Morgan fingerprint density at radius 2 is 2.11 bits per heavy atom. The summed E-state index contributed by atoms with van der Waals surface area (Å²) < 4.78 is 5.41. The summed E-state index contributed by atoms with van der Waals surface area (Å²) in [5.74, 6) is -0.825. The highest BCUT2D eigenvalue weighted by Crippen LogP contribution is 2.40. The van der Waals surface area contributed by atoms with Crippen LogP contribution in [0.15, 0.2) is 6.20 Å². The predicted octanol–water partition coefficient (Wildman–Crippen LogP) is 2.64. The molecule has 0 saturated carbocycles. The summed E-state index contributed by atoms with van der Waals surface area (Å²) >= 11 is 0. The molecule has 0 amide bonds. The number of carbonyl (C=O) groups is 1. The molecule has 0 aromatic carbocycles. The molecule has 3 rings (SSSR count). The summed E-state index contributed by atoms with van der Waals surface area (Å²) in [7, 11) is 0. The van der Waals surface area contributed by atoms with Crippen molar-refractivity contribution in [3.05, 3.63) is 27.6 Å². The Morgan fingerprint density at radius 1 is 1.39 bits per heavy atom. The predicted molar refractivity (Wildman–Crippen MR) is 104 cm³/mol. The lowest BCUT2D eigenvalue weighted by atomic mass is 9.84. The highest BCUT2D eigenvalue weighted by molar-refractivity contribution is 5.72. The Labute approximate surface area is 165 Å². The van der Waals surface area contributed by atoms with Crippen molar-refractivity contribution in [2.45, 2.75) is 65.1 Å². The van der Waals surface area contributed by atoms with Gasteiger partial charge in [0.2, 0.25) is 0 Å². The van der Waals surface area contributed by atoms with Crippen molar-refractivity contribution in [3.8, 4) is 0 Å². The summed E-state index contributed by atoms with van der Waals surface area (Å²) in [5, 5.41) is 22.3. The molecule has 154 valence electrons. The number of carbonyl (C=O) groups excluding carboxylic acids is 1. The van der Waals surface area contributed by atoms with Crippen LogP contribution in [0.5, 0.6) is 0 Å². The van der Waals surface area contributed by atoms with Gasteiger partial charge < -0.3 is 14.7 Å². The normalized spacial score (nSPS) is 24.8. The maximum Gasteiger partial charge on any atom is 0.310 e. The second-order valence-electron chi connectivity index (χ2n) is 8.95. The number of hydrogen-bond acceptors (Lipinski definition) is 7. The summed E-state index contributed by atoms with van der Waals surface area (Å²) in [4.78, 5) is 29.8. The topological polar surface area (TPSA) is 106 Å². The first-order valence-corrected chi connectivity index (χ1v) is 9.87. The molecule has 1 aliphatic carbocycles. The maximum absolute atomic E-state index is 12.3. The molecule has 8 heteroatoms.